The van der Waals surface area contributed by atoms with Gasteiger partial charge >= 0.3 is 0 Å². The van der Waals surface area contributed by atoms with Crippen LogP contribution >= 0.6 is 11.8 Å². The molecule has 0 rings (SSSR count). The van der Waals surface area contributed by atoms with Crippen LogP contribution in [0.4, 0.5) is 0 Å². The van der Waals surface area contributed by atoms with Crippen LogP contribution in [-0.2, 0) is 0 Å². The van der Waals surface area contributed by atoms with Gasteiger partial charge in [0.15, 0.2) is 0 Å². The van der Waals surface area contributed by atoms with Crippen molar-refractivity contribution in [2.24, 2.45) is 0 Å². The topological polar surface area (TPSA) is 12.0 Å². The third kappa shape index (κ3) is 7.39. The molecule has 0 saturated heterocycles. The summed E-state index contributed by atoms with van der Waals surface area (Å²) in [5, 5.41) is 3.69. The van der Waals surface area contributed by atoms with E-state index in [1.807, 2.05) is 11.8 Å². The van der Waals surface area contributed by atoms with E-state index in [9.17, 15) is 0 Å². The molecular weight excluding hydrogens is 178 g/mol. The van der Waals surface area contributed by atoms with Gasteiger partial charge in [-0.3, -0.25) is 0 Å². The lowest BCUT2D eigenvalue weighted by Crippen LogP contribution is -2.36. The standard InChI is InChI=1S/C11H25NS/c1-5-7-11(6-2)12-10(3)8-9-13-4/h10-12H,5-9H2,1-4H3. The van der Waals surface area contributed by atoms with Gasteiger partial charge in [-0.15, -0.1) is 0 Å². The minimum atomic E-state index is 0.684. The van der Waals surface area contributed by atoms with Crippen molar-refractivity contribution in [3.05, 3.63) is 0 Å². The molecular formula is C11H25NS. The van der Waals surface area contributed by atoms with Gasteiger partial charge in [0.25, 0.3) is 0 Å². The Morgan fingerprint density at radius 3 is 2.38 bits per heavy atom. The third-order valence-corrected chi connectivity index (χ3v) is 3.05. The van der Waals surface area contributed by atoms with Crippen LogP contribution in [0.25, 0.3) is 0 Å². The van der Waals surface area contributed by atoms with Crippen LogP contribution in [0.3, 0.4) is 0 Å². The highest BCUT2D eigenvalue weighted by Gasteiger charge is 2.08. The SMILES string of the molecule is CCCC(CC)NC(C)CCSC. The molecule has 2 atom stereocenters. The summed E-state index contributed by atoms with van der Waals surface area (Å²) in [6.07, 6.45) is 7.34. The van der Waals surface area contributed by atoms with E-state index >= 15 is 0 Å². The highest BCUT2D eigenvalue weighted by atomic mass is 32.2. The van der Waals surface area contributed by atoms with Gasteiger partial charge < -0.3 is 5.32 Å². The number of thioether (sulfide) groups is 1. The van der Waals surface area contributed by atoms with Gasteiger partial charge in [-0.1, -0.05) is 20.3 Å². The first-order chi connectivity index (χ1) is 6.24. The van der Waals surface area contributed by atoms with Crippen molar-refractivity contribution < 1.29 is 0 Å². The van der Waals surface area contributed by atoms with Gasteiger partial charge in [0.1, 0.15) is 0 Å². The van der Waals surface area contributed by atoms with Crippen LogP contribution in [-0.4, -0.2) is 24.1 Å². The van der Waals surface area contributed by atoms with E-state index in [1.54, 1.807) is 0 Å². The predicted octanol–water partition coefficient (Wildman–Crippen LogP) is 3.30. The molecule has 0 aliphatic carbocycles. The van der Waals surface area contributed by atoms with Crippen molar-refractivity contribution in [2.75, 3.05) is 12.0 Å². The molecule has 2 heteroatoms. The second-order valence-corrected chi connectivity index (χ2v) is 4.73. The van der Waals surface area contributed by atoms with E-state index in [1.165, 1.54) is 31.4 Å². The van der Waals surface area contributed by atoms with Crippen molar-refractivity contribution in [1.82, 2.24) is 5.32 Å². The summed E-state index contributed by atoms with van der Waals surface area (Å²) in [5.74, 6) is 1.27. The Morgan fingerprint density at radius 1 is 1.23 bits per heavy atom. The summed E-state index contributed by atoms with van der Waals surface area (Å²) in [6, 6.07) is 1.42. The fourth-order valence-corrected chi connectivity index (χ4v) is 2.12. The molecule has 0 aromatic heterocycles. The van der Waals surface area contributed by atoms with Crippen molar-refractivity contribution in [3.63, 3.8) is 0 Å². The van der Waals surface area contributed by atoms with Crippen LogP contribution in [0.2, 0.25) is 0 Å². The van der Waals surface area contributed by atoms with Crippen LogP contribution < -0.4 is 5.32 Å². The first-order valence-electron chi connectivity index (χ1n) is 5.49. The molecule has 1 N–H and O–H groups in total. The maximum absolute atomic E-state index is 3.69. The van der Waals surface area contributed by atoms with Crippen LogP contribution in [0, 0.1) is 0 Å². The van der Waals surface area contributed by atoms with Gasteiger partial charge in [0, 0.05) is 12.1 Å². The largest absolute Gasteiger partial charge is 0.311 e. The molecule has 0 bridgehead atoms. The lowest BCUT2D eigenvalue weighted by Gasteiger charge is -2.21. The molecule has 0 radical (unpaired) electrons. The van der Waals surface area contributed by atoms with E-state index in [-0.39, 0.29) is 0 Å². The molecule has 0 aromatic carbocycles. The third-order valence-electron chi connectivity index (χ3n) is 2.41. The van der Waals surface area contributed by atoms with Crippen LogP contribution in [0.5, 0.6) is 0 Å². The van der Waals surface area contributed by atoms with Crippen LogP contribution in [0.1, 0.15) is 46.5 Å². The normalized spacial score (nSPS) is 15.7. The minimum Gasteiger partial charge on any atom is -0.311 e. The molecule has 1 nitrogen and oxygen atoms in total. The van der Waals surface area contributed by atoms with Gasteiger partial charge in [-0.25, -0.2) is 0 Å². The first kappa shape index (κ1) is 13.3. The smallest absolute Gasteiger partial charge is 0.00668 e. The Balaban J connectivity index is 3.53. The highest BCUT2D eigenvalue weighted by molar-refractivity contribution is 7.98. The van der Waals surface area contributed by atoms with Crippen molar-refractivity contribution in [2.45, 2.75) is 58.5 Å². The zero-order valence-electron chi connectivity index (χ0n) is 9.60. The second-order valence-electron chi connectivity index (χ2n) is 3.74. The van der Waals surface area contributed by atoms with Crippen LogP contribution in [0.15, 0.2) is 0 Å². The summed E-state index contributed by atoms with van der Waals surface area (Å²) in [7, 11) is 0. The van der Waals surface area contributed by atoms with Gasteiger partial charge in [0.05, 0.1) is 0 Å². The molecule has 0 aromatic rings. The summed E-state index contributed by atoms with van der Waals surface area (Å²) >= 11 is 1.94. The maximum Gasteiger partial charge on any atom is 0.00668 e. The molecule has 0 saturated carbocycles. The summed E-state index contributed by atoms with van der Waals surface area (Å²) in [4.78, 5) is 0. The average molecular weight is 203 g/mol. The maximum atomic E-state index is 3.69. The van der Waals surface area contributed by atoms with E-state index in [0.717, 1.165) is 6.04 Å². The molecule has 2 unspecified atom stereocenters. The van der Waals surface area contributed by atoms with E-state index in [0.29, 0.717) is 6.04 Å². The minimum absolute atomic E-state index is 0.684. The van der Waals surface area contributed by atoms with E-state index in [4.69, 9.17) is 0 Å². The molecule has 80 valence electrons. The summed E-state index contributed by atoms with van der Waals surface area (Å²) < 4.78 is 0. The predicted molar refractivity (Wildman–Crippen MR) is 64.6 cm³/mol. The highest BCUT2D eigenvalue weighted by Crippen LogP contribution is 2.05. The summed E-state index contributed by atoms with van der Waals surface area (Å²) in [5.41, 5.74) is 0. The zero-order chi connectivity index (χ0) is 10.1. The Morgan fingerprint density at radius 2 is 1.92 bits per heavy atom. The molecule has 0 aliphatic heterocycles. The average Bonchev–Trinajstić information content (AvgIpc) is 2.14. The lowest BCUT2D eigenvalue weighted by atomic mass is 10.1. The quantitative estimate of drug-likeness (QED) is 0.649. The Kier molecular flexibility index (Phi) is 9.10. The molecule has 0 spiro atoms. The number of rotatable bonds is 8. The van der Waals surface area contributed by atoms with Gasteiger partial charge in [0.2, 0.25) is 0 Å². The molecule has 0 fully saturated rings. The number of hydrogen-bond acceptors (Lipinski definition) is 2. The second kappa shape index (κ2) is 8.89. The Hall–Kier alpha value is 0.310. The van der Waals surface area contributed by atoms with Crippen molar-refractivity contribution in [3.8, 4) is 0 Å². The van der Waals surface area contributed by atoms with Crippen molar-refractivity contribution in [1.29, 1.82) is 0 Å². The fraction of sp³-hybridized carbons (Fsp3) is 1.00. The van der Waals surface area contributed by atoms with E-state index < -0.39 is 0 Å². The van der Waals surface area contributed by atoms with E-state index in [2.05, 4.69) is 32.3 Å². The van der Waals surface area contributed by atoms with Gasteiger partial charge in [-0.2, -0.15) is 11.8 Å². The molecule has 13 heavy (non-hydrogen) atoms. The monoisotopic (exact) mass is 203 g/mol. The summed E-state index contributed by atoms with van der Waals surface area (Å²) in [6.45, 7) is 6.83. The zero-order valence-corrected chi connectivity index (χ0v) is 10.4. The van der Waals surface area contributed by atoms with Crippen molar-refractivity contribution >= 4 is 11.8 Å². The number of hydrogen-bond donors (Lipinski definition) is 1. The molecule has 0 amide bonds. The first-order valence-corrected chi connectivity index (χ1v) is 6.88. The molecule has 0 heterocycles. The van der Waals surface area contributed by atoms with Gasteiger partial charge in [-0.05, 0) is 38.2 Å². The Labute approximate surface area is 88.1 Å². The number of nitrogens with one attached hydrogen (secondary N) is 1. The Bertz CT molecular complexity index is 106. The lowest BCUT2D eigenvalue weighted by molar-refractivity contribution is 0.405. The molecule has 0 aliphatic rings. The fourth-order valence-electron chi connectivity index (χ4n) is 1.53.